The second kappa shape index (κ2) is 5.51. The maximum Gasteiger partial charge on any atom is 0.162 e. The molecule has 15 heavy (non-hydrogen) atoms. The van der Waals surface area contributed by atoms with E-state index in [1.165, 1.54) is 0 Å². The zero-order chi connectivity index (χ0) is 11.3. The van der Waals surface area contributed by atoms with Gasteiger partial charge in [0.05, 0.1) is 6.61 Å². The number of carbonyl (C=O) groups excluding carboxylic acids is 1. The summed E-state index contributed by atoms with van der Waals surface area (Å²) in [6.45, 7) is 3.84. The maximum atomic E-state index is 11.3. The Morgan fingerprint density at radius 3 is 2.47 bits per heavy atom. The van der Waals surface area contributed by atoms with Crippen LogP contribution >= 0.6 is 0 Å². The van der Waals surface area contributed by atoms with Crippen LogP contribution in [0.1, 0.15) is 30.6 Å². The van der Waals surface area contributed by atoms with Crippen LogP contribution in [0.3, 0.4) is 0 Å². The molecule has 0 radical (unpaired) electrons. The second-order valence-electron chi connectivity index (χ2n) is 3.58. The molecule has 82 valence electrons. The fourth-order valence-electron chi connectivity index (χ4n) is 1.29. The first-order valence-electron chi connectivity index (χ1n) is 5.18. The summed E-state index contributed by atoms with van der Waals surface area (Å²) in [4.78, 5) is 11.3. The van der Waals surface area contributed by atoms with Crippen LogP contribution in [-0.2, 0) is 0 Å². The highest BCUT2D eigenvalue weighted by Gasteiger charge is 2.03. The molecule has 3 heteroatoms. The van der Waals surface area contributed by atoms with Gasteiger partial charge in [0, 0.05) is 23.7 Å². The molecule has 0 bridgehead atoms. The van der Waals surface area contributed by atoms with Crippen LogP contribution < -0.4 is 5.32 Å². The van der Waals surface area contributed by atoms with E-state index < -0.39 is 0 Å². The average Bonchev–Trinajstić information content (AvgIpc) is 2.29. The molecule has 0 amide bonds. The van der Waals surface area contributed by atoms with Crippen LogP contribution in [0.15, 0.2) is 24.3 Å². The number of carbonyl (C=O) groups is 1. The molecule has 0 aliphatic heterocycles. The van der Waals surface area contributed by atoms with E-state index in [-0.39, 0.29) is 18.4 Å². The first kappa shape index (κ1) is 11.7. The van der Waals surface area contributed by atoms with Gasteiger partial charge in [0.25, 0.3) is 0 Å². The van der Waals surface area contributed by atoms with E-state index in [0.717, 1.165) is 11.3 Å². The average molecular weight is 207 g/mol. The molecule has 0 aliphatic rings. The lowest BCUT2D eigenvalue weighted by Gasteiger charge is -2.12. The Kier molecular flexibility index (Phi) is 4.31. The monoisotopic (exact) mass is 207 g/mol. The number of anilines is 1. The first-order valence-corrected chi connectivity index (χ1v) is 5.18. The minimum absolute atomic E-state index is 0.0257. The molecule has 0 fully saturated rings. The van der Waals surface area contributed by atoms with Crippen LogP contribution in [0.4, 0.5) is 5.69 Å². The lowest BCUT2D eigenvalue weighted by Crippen LogP contribution is -2.19. The van der Waals surface area contributed by atoms with Gasteiger partial charge in [-0.1, -0.05) is 6.92 Å². The van der Waals surface area contributed by atoms with E-state index in [1.807, 2.05) is 26.0 Å². The molecule has 1 atom stereocenters. The van der Waals surface area contributed by atoms with Gasteiger partial charge in [0.15, 0.2) is 5.78 Å². The largest absolute Gasteiger partial charge is 0.394 e. The molecular weight excluding hydrogens is 190 g/mol. The number of nitrogens with one attached hydrogen (secondary N) is 1. The normalized spacial score (nSPS) is 12.2. The SMILES string of the molecule is CCC(=O)c1ccc(NC(C)CO)cc1. The number of ketones is 1. The maximum absolute atomic E-state index is 11.3. The zero-order valence-electron chi connectivity index (χ0n) is 9.16. The molecule has 0 saturated carbocycles. The number of benzene rings is 1. The minimum Gasteiger partial charge on any atom is -0.394 e. The summed E-state index contributed by atoms with van der Waals surface area (Å²) >= 11 is 0. The standard InChI is InChI=1S/C12H17NO2/c1-3-12(15)10-4-6-11(7-5-10)13-9(2)8-14/h4-7,9,13-14H,3,8H2,1-2H3. The third kappa shape index (κ3) is 3.36. The summed E-state index contributed by atoms with van der Waals surface area (Å²) in [7, 11) is 0. The summed E-state index contributed by atoms with van der Waals surface area (Å²) in [6.07, 6.45) is 0.528. The summed E-state index contributed by atoms with van der Waals surface area (Å²) in [5.41, 5.74) is 1.66. The molecule has 2 N–H and O–H groups in total. The molecule has 0 heterocycles. The summed E-state index contributed by atoms with van der Waals surface area (Å²) in [5, 5.41) is 12.0. The van der Waals surface area contributed by atoms with Crippen LogP contribution in [0, 0.1) is 0 Å². The van der Waals surface area contributed by atoms with Crippen molar-refractivity contribution < 1.29 is 9.90 Å². The van der Waals surface area contributed by atoms with Crippen molar-refractivity contribution in [3.05, 3.63) is 29.8 Å². The molecule has 1 aromatic carbocycles. The molecule has 1 unspecified atom stereocenters. The molecule has 0 saturated heterocycles. The van der Waals surface area contributed by atoms with Gasteiger partial charge in [0.1, 0.15) is 0 Å². The number of Topliss-reactive ketones (excluding diaryl/α,β-unsaturated/α-hetero) is 1. The van der Waals surface area contributed by atoms with Gasteiger partial charge in [-0.3, -0.25) is 4.79 Å². The third-order valence-corrected chi connectivity index (χ3v) is 2.21. The van der Waals surface area contributed by atoms with Crippen LogP contribution in [-0.4, -0.2) is 23.5 Å². The highest BCUT2D eigenvalue weighted by Crippen LogP contribution is 2.11. The second-order valence-corrected chi connectivity index (χ2v) is 3.58. The number of rotatable bonds is 5. The van der Waals surface area contributed by atoms with Gasteiger partial charge in [-0.25, -0.2) is 0 Å². The van der Waals surface area contributed by atoms with Gasteiger partial charge < -0.3 is 10.4 Å². The van der Waals surface area contributed by atoms with E-state index in [9.17, 15) is 4.79 Å². The fraction of sp³-hybridized carbons (Fsp3) is 0.417. The van der Waals surface area contributed by atoms with Crippen molar-refractivity contribution in [3.63, 3.8) is 0 Å². The molecule has 0 spiro atoms. The molecular formula is C12H17NO2. The van der Waals surface area contributed by atoms with Crippen molar-refractivity contribution in [2.45, 2.75) is 26.3 Å². The van der Waals surface area contributed by atoms with E-state index in [1.54, 1.807) is 12.1 Å². The lowest BCUT2D eigenvalue weighted by molar-refractivity contribution is 0.0988. The number of hydrogen-bond acceptors (Lipinski definition) is 3. The topological polar surface area (TPSA) is 49.3 Å². The molecule has 0 aliphatic carbocycles. The Morgan fingerprint density at radius 1 is 1.40 bits per heavy atom. The van der Waals surface area contributed by atoms with Crippen LogP contribution in [0.5, 0.6) is 0 Å². The number of hydrogen-bond donors (Lipinski definition) is 2. The Morgan fingerprint density at radius 2 is 2.00 bits per heavy atom. The first-order chi connectivity index (χ1) is 7.17. The van der Waals surface area contributed by atoms with Crippen LogP contribution in [0.25, 0.3) is 0 Å². The predicted molar refractivity (Wildman–Crippen MR) is 61.2 cm³/mol. The van der Waals surface area contributed by atoms with E-state index in [2.05, 4.69) is 5.32 Å². The van der Waals surface area contributed by atoms with Crippen LogP contribution in [0.2, 0.25) is 0 Å². The summed E-state index contributed by atoms with van der Waals surface area (Å²) < 4.78 is 0. The quantitative estimate of drug-likeness (QED) is 0.727. The van der Waals surface area contributed by atoms with Crippen molar-refractivity contribution in [1.82, 2.24) is 0 Å². The molecule has 1 rings (SSSR count). The summed E-state index contributed by atoms with van der Waals surface area (Å²) in [5.74, 6) is 0.150. The summed E-state index contributed by atoms with van der Waals surface area (Å²) in [6, 6.07) is 7.35. The number of aliphatic hydroxyl groups excluding tert-OH is 1. The van der Waals surface area contributed by atoms with Gasteiger partial charge in [0.2, 0.25) is 0 Å². The molecule has 0 aromatic heterocycles. The van der Waals surface area contributed by atoms with E-state index >= 15 is 0 Å². The minimum atomic E-state index is 0.0257. The molecule has 1 aromatic rings. The van der Waals surface area contributed by atoms with Crippen molar-refractivity contribution in [3.8, 4) is 0 Å². The smallest absolute Gasteiger partial charge is 0.162 e. The zero-order valence-corrected chi connectivity index (χ0v) is 9.16. The van der Waals surface area contributed by atoms with Crippen molar-refractivity contribution in [1.29, 1.82) is 0 Å². The third-order valence-electron chi connectivity index (χ3n) is 2.21. The van der Waals surface area contributed by atoms with Gasteiger partial charge in [-0.05, 0) is 31.2 Å². The Balaban J connectivity index is 2.68. The predicted octanol–water partition coefficient (Wildman–Crippen LogP) is 2.07. The van der Waals surface area contributed by atoms with E-state index in [4.69, 9.17) is 5.11 Å². The van der Waals surface area contributed by atoms with E-state index in [0.29, 0.717) is 6.42 Å². The lowest BCUT2D eigenvalue weighted by atomic mass is 10.1. The van der Waals surface area contributed by atoms with Crippen molar-refractivity contribution in [2.24, 2.45) is 0 Å². The highest BCUT2D eigenvalue weighted by atomic mass is 16.3. The highest BCUT2D eigenvalue weighted by molar-refractivity contribution is 5.96. The van der Waals surface area contributed by atoms with Gasteiger partial charge >= 0.3 is 0 Å². The Labute approximate surface area is 90.1 Å². The Bertz CT molecular complexity index is 319. The Hall–Kier alpha value is -1.35. The van der Waals surface area contributed by atoms with Gasteiger partial charge in [-0.15, -0.1) is 0 Å². The van der Waals surface area contributed by atoms with Crippen molar-refractivity contribution >= 4 is 11.5 Å². The van der Waals surface area contributed by atoms with Crippen molar-refractivity contribution in [2.75, 3.05) is 11.9 Å². The van der Waals surface area contributed by atoms with Gasteiger partial charge in [-0.2, -0.15) is 0 Å². The fourth-order valence-corrected chi connectivity index (χ4v) is 1.29. The molecule has 3 nitrogen and oxygen atoms in total. The number of aliphatic hydroxyl groups is 1.